The Kier molecular flexibility index (Phi) is 5.42. The average molecular weight is 252 g/mol. The van der Waals surface area contributed by atoms with Crippen LogP contribution < -0.4 is 15.8 Å². The van der Waals surface area contributed by atoms with Crippen molar-refractivity contribution in [3.05, 3.63) is 29.8 Å². The number of hydrogen-bond donors (Lipinski definition) is 2. The van der Waals surface area contributed by atoms with Crippen molar-refractivity contribution in [2.24, 2.45) is 5.73 Å². The van der Waals surface area contributed by atoms with E-state index in [0.717, 1.165) is 11.3 Å². The fourth-order valence-corrected chi connectivity index (χ4v) is 1.42. The van der Waals surface area contributed by atoms with Crippen molar-refractivity contribution in [3.8, 4) is 5.75 Å². The highest BCUT2D eigenvalue weighted by Gasteiger charge is 2.01. The van der Waals surface area contributed by atoms with Crippen LogP contribution in [0.4, 0.5) is 0 Å². The fourth-order valence-electron chi connectivity index (χ4n) is 1.29. The molecule has 5 heteroatoms. The van der Waals surface area contributed by atoms with E-state index in [-0.39, 0.29) is 17.3 Å². The molecule has 0 atom stereocenters. The summed E-state index contributed by atoms with van der Waals surface area (Å²) < 4.78 is 5.46. The van der Waals surface area contributed by atoms with Gasteiger partial charge in [0.15, 0.2) is 0 Å². The second-order valence-corrected chi connectivity index (χ2v) is 4.18. The summed E-state index contributed by atoms with van der Waals surface area (Å²) in [6.45, 7) is 2.86. The second kappa shape index (κ2) is 6.85. The normalized spacial score (nSPS) is 9.71. The summed E-state index contributed by atoms with van der Waals surface area (Å²) in [4.78, 5) is 11.4. The smallest absolute Gasteiger partial charge is 0.226 e. The largest absolute Gasteiger partial charge is 0.492 e. The van der Waals surface area contributed by atoms with Crippen molar-refractivity contribution in [1.82, 2.24) is 5.32 Å². The summed E-state index contributed by atoms with van der Waals surface area (Å²) in [6, 6.07) is 7.74. The van der Waals surface area contributed by atoms with Gasteiger partial charge in [0, 0.05) is 0 Å². The molecule has 0 bridgehead atoms. The number of nitrogens with two attached hydrogens (primary N) is 1. The SMILES string of the molecule is Cc1cccc(OCCNC(=O)CC(N)=S)c1. The molecule has 0 spiro atoms. The summed E-state index contributed by atoms with van der Waals surface area (Å²) in [6.07, 6.45) is 0.0831. The maximum atomic E-state index is 11.2. The number of nitrogens with one attached hydrogen (secondary N) is 1. The standard InChI is InChI=1S/C12H16N2O2S/c1-9-3-2-4-10(7-9)16-6-5-14-12(15)8-11(13)17/h2-4,7H,5-6,8H2,1H3,(H2,13,17)(H,14,15). The molecular weight excluding hydrogens is 236 g/mol. The Morgan fingerprint density at radius 1 is 1.53 bits per heavy atom. The quantitative estimate of drug-likeness (QED) is 0.589. The lowest BCUT2D eigenvalue weighted by Gasteiger charge is -2.07. The number of ether oxygens (including phenoxy) is 1. The van der Waals surface area contributed by atoms with Crippen LogP contribution in [-0.2, 0) is 4.79 Å². The number of thiocarbonyl (C=S) groups is 1. The molecule has 0 heterocycles. The Bertz CT molecular complexity index is 407. The van der Waals surface area contributed by atoms with Crippen LogP contribution in [0, 0.1) is 6.92 Å². The maximum Gasteiger partial charge on any atom is 0.226 e. The van der Waals surface area contributed by atoms with E-state index < -0.39 is 0 Å². The van der Waals surface area contributed by atoms with Crippen molar-refractivity contribution < 1.29 is 9.53 Å². The van der Waals surface area contributed by atoms with Crippen LogP contribution in [0.5, 0.6) is 5.75 Å². The molecule has 1 aromatic carbocycles. The molecule has 1 rings (SSSR count). The molecule has 0 aliphatic rings. The molecule has 1 aromatic rings. The topological polar surface area (TPSA) is 64.3 Å². The van der Waals surface area contributed by atoms with Gasteiger partial charge in [-0.1, -0.05) is 24.4 Å². The minimum atomic E-state index is -0.176. The van der Waals surface area contributed by atoms with E-state index in [1.165, 1.54) is 0 Å². The van der Waals surface area contributed by atoms with E-state index in [2.05, 4.69) is 17.5 Å². The van der Waals surface area contributed by atoms with Crippen LogP contribution in [0.2, 0.25) is 0 Å². The van der Waals surface area contributed by atoms with Gasteiger partial charge in [-0.05, 0) is 24.6 Å². The van der Waals surface area contributed by atoms with Crippen LogP contribution in [-0.4, -0.2) is 24.0 Å². The van der Waals surface area contributed by atoms with Crippen molar-refractivity contribution in [3.63, 3.8) is 0 Å². The minimum absolute atomic E-state index is 0.0831. The monoisotopic (exact) mass is 252 g/mol. The van der Waals surface area contributed by atoms with E-state index in [0.29, 0.717) is 13.2 Å². The Balaban J connectivity index is 2.20. The van der Waals surface area contributed by atoms with Crippen molar-refractivity contribution >= 4 is 23.1 Å². The molecule has 0 radical (unpaired) electrons. The van der Waals surface area contributed by atoms with Gasteiger partial charge < -0.3 is 15.8 Å². The third-order valence-electron chi connectivity index (χ3n) is 2.02. The lowest BCUT2D eigenvalue weighted by atomic mass is 10.2. The van der Waals surface area contributed by atoms with Gasteiger partial charge in [0.1, 0.15) is 12.4 Å². The first-order valence-corrected chi connectivity index (χ1v) is 5.73. The number of carbonyl (C=O) groups excluding carboxylic acids is 1. The molecule has 3 N–H and O–H groups in total. The Morgan fingerprint density at radius 3 is 2.94 bits per heavy atom. The molecule has 92 valence electrons. The molecule has 0 aliphatic heterocycles. The van der Waals surface area contributed by atoms with Gasteiger partial charge >= 0.3 is 0 Å². The predicted molar refractivity (Wildman–Crippen MR) is 71.1 cm³/mol. The van der Waals surface area contributed by atoms with Crippen LogP contribution in [0.25, 0.3) is 0 Å². The predicted octanol–water partition coefficient (Wildman–Crippen LogP) is 1.17. The lowest BCUT2D eigenvalue weighted by Crippen LogP contribution is -2.30. The van der Waals surface area contributed by atoms with E-state index in [9.17, 15) is 4.79 Å². The Labute approximate surface area is 106 Å². The molecule has 0 aromatic heterocycles. The first-order chi connectivity index (χ1) is 8.08. The Hall–Kier alpha value is -1.62. The van der Waals surface area contributed by atoms with Crippen molar-refractivity contribution in [2.75, 3.05) is 13.2 Å². The number of rotatable bonds is 6. The Morgan fingerprint density at radius 2 is 2.29 bits per heavy atom. The van der Waals surface area contributed by atoms with Crippen molar-refractivity contribution in [1.29, 1.82) is 0 Å². The summed E-state index contributed by atoms with van der Waals surface area (Å²) in [5, 5.41) is 2.67. The highest BCUT2D eigenvalue weighted by atomic mass is 32.1. The van der Waals surface area contributed by atoms with E-state index in [4.69, 9.17) is 10.5 Å². The molecule has 0 aliphatic carbocycles. The first kappa shape index (κ1) is 13.4. The summed E-state index contributed by atoms with van der Waals surface area (Å²) in [5.41, 5.74) is 6.38. The number of carbonyl (C=O) groups is 1. The summed E-state index contributed by atoms with van der Waals surface area (Å²) >= 11 is 4.63. The van der Waals surface area contributed by atoms with Crippen LogP contribution >= 0.6 is 12.2 Å². The van der Waals surface area contributed by atoms with Gasteiger partial charge in [0.05, 0.1) is 18.0 Å². The molecule has 0 fully saturated rings. The van der Waals surface area contributed by atoms with E-state index in [1.807, 2.05) is 31.2 Å². The van der Waals surface area contributed by atoms with Gasteiger partial charge in [0.2, 0.25) is 5.91 Å². The third kappa shape index (κ3) is 5.87. The average Bonchev–Trinajstić information content (AvgIpc) is 2.23. The fraction of sp³-hybridized carbons (Fsp3) is 0.333. The van der Waals surface area contributed by atoms with Gasteiger partial charge in [-0.15, -0.1) is 0 Å². The number of amides is 1. The van der Waals surface area contributed by atoms with E-state index in [1.54, 1.807) is 0 Å². The zero-order chi connectivity index (χ0) is 12.7. The lowest BCUT2D eigenvalue weighted by molar-refractivity contribution is -0.119. The van der Waals surface area contributed by atoms with Gasteiger partial charge in [0.25, 0.3) is 0 Å². The highest BCUT2D eigenvalue weighted by Crippen LogP contribution is 2.11. The molecule has 4 nitrogen and oxygen atoms in total. The van der Waals surface area contributed by atoms with Crippen LogP contribution in [0.3, 0.4) is 0 Å². The van der Waals surface area contributed by atoms with Crippen LogP contribution in [0.1, 0.15) is 12.0 Å². The molecule has 17 heavy (non-hydrogen) atoms. The number of hydrogen-bond acceptors (Lipinski definition) is 3. The van der Waals surface area contributed by atoms with Gasteiger partial charge in [-0.3, -0.25) is 4.79 Å². The first-order valence-electron chi connectivity index (χ1n) is 5.32. The zero-order valence-electron chi connectivity index (χ0n) is 9.73. The van der Waals surface area contributed by atoms with Gasteiger partial charge in [-0.25, -0.2) is 0 Å². The second-order valence-electron chi connectivity index (χ2n) is 3.66. The minimum Gasteiger partial charge on any atom is -0.492 e. The molecule has 0 saturated heterocycles. The summed E-state index contributed by atoms with van der Waals surface area (Å²) in [7, 11) is 0. The number of aryl methyl sites for hydroxylation is 1. The molecule has 0 saturated carbocycles. The molecular formula is C12H16N2O2S. The highest BCUT2D eigenvalue weighted by molar-refractivity contribution is 7.80. The maximum absolute atomic E-state index is 11.2. The summed E-state index contributed by atoms with van der Waals surface area (Å²) in [5.74, 6) is 0.624. The zero-order valence-corrected chi connectivity index (χ0v) is 10.5. The third-order valence-corrected chi connectivity index (χ3v) is 2.16. The van der Waals surface area contributed by atoms with E-state index >= 15 is 0 Å². The van der Waals surface area contributed by atoms with Crippen LogP contribution in [0.15, 0.2) is 24.3 Å². The number of benzene rings is 1. The van der Waals surface area contributed by atoms with Crippen molar-refractivity contribution in [2.45, 2.75) is 13.3 Å². The molecule has 1 amide bonds. The van der Waals surface area contributed by atoms with Gasteiger partial charge in [-0.2, -0.15) is 0 Å². The molecule has 0 unspecified atom stereocenters.